The number of aromatic amines is 1. The molecule has 0 unspecified atom stereocenters. The summed E-state index contributed by atoms with van der Waals surface area (Å²) in [7, 11) is 0. The molecule has 1 spiro atoms. The first kappa shape index (κ1) is 14.5. The molecule has 2 saturated carbocycles. The maximum atomic E-state index is 12.9. The van der Waals surface area contributed by atoms with Crippen molar-refractivity contribution in [2.45, 2.75) is 31.2 Å². The highest BCUT2D eigenvalue weighted by atomic mass is 16.2. The Morgan fingerprint density at radius 3 is 2.76 bits per heavy atom. The molecular formula is C17H19N7O. The van der Waals surface area contributed by atoms with E-state index in [9.17, 15) is 10.1 Å². The van der Waals surface area contributed by atoms with Crippen molar-refractivity contribution >= 4 is 28.7 Å². The number of nitrogens with zero attached hydrogens (tertiary/aromatic N) is 5. The number of nitrogens with two attached hydrogens (primary N) is 1. The molecule has 2 aromatic heterocycles. The first-order valence-corrected chi connectivity index (χ1v) is 8.66. The molecule has 0 atom stereocenters. The van der Waals surface area contributed by atoms with E-state index in [4.69, 9.17) is 5.73 Å². The molecule has 0 aromatic carbocycles. The van der Waals surface area contributed by atoms with E-state index in [1.807, 2.05) is 17.2 Å². The van der Waals surface area contributed by atoms with Gasteiger partial charge in [-0.3, -0.25) is 4.79 Å². The summed E-state index contributed by atoms with van der Waals surface area (Å²) in [5, 5.41) is 10.3. The van der Waals surface area contributed by atoms with Crippen molar-refractivity contribution in [3.05, 3.63) is 12.3 Å². The molecule has 1 aliphatic heterocycles. The lowest BCUT2D eigenvalue weighted by Crippen LogP contribution is -2.58. The van der Waals surface area contributed by atoms with E-state index in [0.717, 1.165) is 36.2 Å². The van der Waals surface area contributed by atoms with Crippen molar-refractivity contribution in [3.63, 3.8) is 0 Å². The molecular weight excluding hydrogens is 318 g/mol. The van der Waals surface area contributed by atoms with Crippen molar-refractivity contribution < 1.29 is 4.79 Å². The number of fused-ring (bicyclic) bond motifs is 1. The Kier molecular flexibility index (Phi) is 2.69. The monoisotopic (exact) mass is 337 g/mol. The molecule has 8 heteroatoms. The second-order valence-electron chi connectivity index (χ2n) is 7.44. The lowest BCUT2D eigenvalue weighted by molar-refractivity contribution is -0.138. The molecule has 3 aliphatic rings. The zero-order valence-corrected chi connectivity index (χ0v) is 13.8. The van der Waals surface area contributed by atoms with Gasteiger partial charge in [0, 0.05) is 25.8 Å². The highest BCUT2D eigenvalue weighted by Crippen LogP contribution is 2.52. The molecule has 2 aromatic rings. The number of piperazine rings is 1. The number of hydrogen-bond acceptors (Lipinski definition) is 6. The average Bonchev–Trinajstić information content (AvgIpc) is 3.52. The lowest BCUT2D eigenvalue weighted by Gasteiger charge is -2.43. The minimum absolute atomic E-state index is 0.0288. The summed E-state index contributed by atoms with van der Waals surface area (Å²) in [6, 6.07) is 4.19. The highest BCUT2D eigenvalue weighted by molar-refractivity contribution is 5.91. The molecule has 5 rings (SSSR count). The number of anilines is 2. The highest BCUT2D eigenvalue weighted by Gasteiger charge is 2.60. The number of carbonyl (C=O) groups is 1. The van der Waals surface area contributed by atoms with Gasteiger partial charge in [-0.25, -0.2) is 0 Å². The van der Waals surface area contributed by atoms with Crippen LogP contribution in [0, 0.1) is 16.7 Å². The van der Waals surface area contributed by atoms with Gasteiger partial charge in [-0.1, -0.05) is 0 Å². The first-order valence-electron chi connectivity index (χ1n) is 8.66. The van der Waals surface area contributed by atoms with E-state index in [-0.39, 0.29) is 17.4 Å². The molecule has 3 heterocycles. The summed E-state index contributed by atoms with van der Waals surface area (Å²) < 4.78 is 0. The minimum atomic E-state index is -0.745. The summed E-state index contributed by atoms with van der Waals surface area (Å²) in [6.07, 6.45) is 5.19. The van der Waals surface area contributed by atoms with Crippen LogP contribution in [0.15, 0.2) is 12.3 Å². The van der Waals surface area contributed by atoms with Crippen LogP contribution in [-0.2, 0) is 4.79 Å². The predicted molar refractivity (Wildman–Crippen MR) is 91.5 cm³/mol. The van der Waals surface area contributed by atoms with Crippen LogP contribution in [0.4, 0.5) is 11.8 Å². The van der Waals surface area contributed by atoms with Gasteiger partial charge < -0.3 is 20.5 Å². The summed E-state index contributed by atoms with van der Waals surface area (Å²) in [6.45, 7) is 2.04. The number of aromatic nitrogens is 3. The maximum Gasteiger partial charge on any atom is 0.243 e. The number of nitriles is 1. The van der Waals surface area contributed by atoms with Crippen LogP contribution in [0.5, 0.6) is 0 Å². The molecule has 128 valence electrons. The van der Waals surface area contributed by atoms with Crippen LogP contribution in [0.3, 0.4) is 0 Å². The van der Waals surface area contributed by atoms with Gasteiger partial charge in [0.25, 0.3) is 0 Å². The van der Waals surface area contributed by atoms with Crippen molar-refractivity contribution in [1.82, 2.24) is 19.9 Å². The second kappa shape index (κ2) is 4.63. The van der Waals surface area contributed by atoms with Crippen molar-refractivity contribution in [2.75, 3.05) is 30.3 Å². The van der Waals surface area contributed by atoms with Crippen LogP contribution in [0.2, 0.25) is 0 Å². The normalized spacial score (nSPS) is 22.8. The van der Waals surface area contributed by atoms with Gasteiger partial charge in [0.2, 0.25) is 11.9 Å². The van der Waals surface area contributed by atoms with E-state index in [1.54, 1.807) is 0 Å². The number of hydrogen-bond donors (Lipinski definition) is 2. The lowest BCUT2D eigenvalue weighted by atomic mass is 10.0. The maximum absolute atomic E-state index is 12.9. The zero-order valence-electron chi connectivity index (χ0n) is 13.8. The van der Waals surface area contributed by atoms with Crippen LogP contribution < -0.4 is 10.6 Å². The van der Waals surface area contributed by atoms with Gasteiger partial charge in [-0.05, 0) is 31.7 Å². The Morgan fingerprint density at radius 1 is 1.28 bits per heavy atom. The Balaban J connectivity index is 1.45. The largest absolute Gasteiger partial charge is 0.368 e. The van der Waals surface area contributed by atoms with Crippen LogP contribution in [0.25, 0.3) is 11.0 Å². The Hall–Kier alpha value is -2.82. The summed E-state index contributed by atoms with van der Waals surface area (Å²) >= 11 is 0. The first-order chi connectivity index (χ1) is 12.1. The number of nitrogens with one attached hydrogen (secondary N) is 1. The summed E-state index contributed by atoms with van der Waals surface area (Å²) in [5.41, 5.74) is 5.70. The molecule has 1 saturated heterocycles. The van der Waals surface area contributed by atoms with Gasteiger partial charge >= 0.3 is 0 Å². The second-order valence-corrected chi connectivity index (χ2v) is 7.44. The smallest absolute Gasteiger partial charge is 0.243 e. The Labute approximate surface area is 144 Å². The van der Waals surface area contributed by atoms with E-state index in [0.29, 0.717) is 25.9 Å². The van der Waals surface area contributed by atoms with Gasteiger partial charge in [0.1, 0.15) is 16.9 Å². The van der Waals surface area contributed by atoms with Gasteiger partial charge in [0.05, 0.1) is 17.0 Å². The Morgan fingerprint density at radius 2 is 2.08 bits per heavy atom. The van der Waals surface area contributed by atoms with Crippen LogP contribution >= 0.6 is 0 Å². The summed E-state index contributed by atoms with van der Waals surface area (Å²) in [5.74, 6) is 1.10. The SMILES string of the molecule is N#CC1(C(=O)N2CCN(c3nc(N)nc4[nH]ccc34)CC23CC3)CC1. The van der Waals surface area contributed by atoms with Crippen molar-refractivity contribution in [3.8, 4) is 6.07 Å². The molecule has 3 fully saturated rings. The zero-order chi connectivity index (χ0) is 17.2. The van der Waals surface area contributed by atoms with Crippen molar-refractivity contribution in [1.29, 1.82) is 5.26 Å². The van der Waals surface area contributed by atoms with Crippen LogP contribution in [-0.4, -0.2) is 50.9 Å². The number of rotatable bonds is 2. The predicted octanol–water partition coefficient (Wildman–Crippen LogP) is 1.03. The third-order valence-corrected chi connectivity index (χ3v) is 5.81. The minimum Gasteiger partial charge on any atom is -0.368 e. The average molecular weight is 337 g/mol. The molecule has 0 radical (unpaired) electrons. The Bertz CT molecular complexity index is 919. The topological polar surface area (TPSA) is 115 Å². The van der Waals surface area contributed by atoms with Gasteiger partial charge in [-0.15, -0.1) is 0 Å². The van der Waals surface area contributed by atoms with E-state index in [2.05, 4.69) is 25.9 Å². The number of amides is 1. The third-order valence-electron chi connectivity index (χ3n) is 5.81. The summed E-state index contributed by atoms with van der Waals surface area (Å²) in [4.78, 5) is 28.8. The third kappa shape index (κ3) is 2.02. The van der Waals surface area contributed by atoms with Gasteiger partial charge in [0.15, 0.2) is 0 Å². The number of carbonyl (C=O) groups excluding carboxylic acids is 1. The van der Waals surface area contributed by atoms with Gasteiger partial charge in [-0.2, -0.15) is 15.2 Å². The fourth-order valence-corrected chi connectivity index (χ4v) is 3.99. The molecule has 0 bridgehead atoms. The molecule has 3 N–H and O–H groups in total. The van der Waals surface area contributed by atoms with E-state index >= 15 is 0 Å². The standard InChI is InChI=1S/C17H19N7O/c18-9-16(2-3-16)14(25)24-8-7-23(10-17(24)4-5-17)13-11-1-6-20-12(11)21-15(19)22-13/h1,6H,2-5,7-8,10H2,(H3,19,20,21,22). The number of H-pyrrole nitrogens is 1. The van der Waals surface area contributed by atoms with Crippen LogP contribution in [0.1, 0.15) is 25.7 Å². The van der Waals surface area contributed by atoms with E-state index in [1.165, 1.54) is 0 Å². The molecule has 2 aliphatic carbocycles. The fraction of sp³-hybridized carbons (Fsp3) is 0.529. The fourth-order valence-electron chi connectivity index (χ4n) is 3.99. The molecule has 8 nitrogen and oxygen atoms in total. The quantitative estimate of drug-likeness (QED) is 0.845. The molecule has 25 heavy (non-hydrogen) atoms. The van der Waals surface area contributed by atoms with Crippen molar-refractivity contribution in [2.24, 2.45) is 5.41 Å². The molecule has 1 amide bonds. The van der Waals surface area contributed by atoms with E-state index < -0.39 is 5.41 Å². The number of nitrogen functional groups attached to an aromatic ring is 1.